The van der Waals surface area contributed by atoms with Gasteiger partial charge in [-0.1, -0.05) is 5.57 Å². The summed E-state index contributed by atoms with van der Waals surface area (Å²) in [6.07, 6.45) is 6.29. The first-order valence-electron chi connectivity index (χ1n) is 2.95. The molecule has 0 saturated carbocycles. The Bertz CT molecular complexity index is 210. The molecule has 0 bridgehead atoms. The van der Waals surface area contributed by atoms with Crippen LogP contribution in [0.15, 0.2) is 23.9 Å². The van der Waals surface area contributed by atoms with Crippen molar-refractivity contribution in [2.75, 3.05) is 0 Å². The third-order valence-electron chi connectivity index (χ3n) is 1.26. The summed E-state index contributed by atoms with van der Waals surface area (Å²) in [6.45, 7) is 1.94. The van der Waals surface area contributed by atoms with Crippen molar-refractivity contribution < 1.29 is 4.79 Å². The number of hydrogen-bond donors (Lipinski definition) is 1. The lowest BCUT2D eigenvalue weighted by molar-refractivity contribution is -0.109. The van der Waals surface area contributed by atoms with Crippen molar-refractivity contribution in [1.82, 2.24) is 5.32 Å². The van der Waals surface area contributed by atoms with Gasteiger partial charge in [0.25, 0.3) is 0 Å². The molecule has 0 amide bonds. The lowest BCUT2D eigenvalue weighted by Gasteiger charge is -2.20. The summed E-state index contributed by atoms with van der Waals surface area (Å²) < 4.78 is -0.675. The number of halogens is 1. The van der Waals surface area contributed by atoms with Gasteiger partial charge in [0, 0.05) is 0 Å². The zero-order valence-electron chi connectivity index (χ0n) is 5.60. The van der Waals surface area contributed by atoms with Crippen LogP contribution in [-0.4, -0.2) is 10.7 Å². The van der Waals surface area contributed by atoms with E-state index in [9.17, 15) is 4.79 Å². The zero-order chi connectivity index (χ0) is 7.61. The molecule has 0 fully saturated rings. The minimum absolute atomic E-state index is 0.675. The van der Waals surface area contributed by atoms with Gasteiger partial charge in [-0.3, -0.25) is 4.79 Å². The number of dihydropyridines is 1. The molecule has 54 valence electrons. The van der Waals surface area contributed by atoms with Crippen LogP contribution in [0, 0.1) is 0 Å². The Morgan fingerprint density at radius 3 is 2.90 bits per heavy atom. The highest BCUT2D eigenvalue weighted by atomic mass is 79.9. The largest absolute Gasteiger partial charge is 0.367 e. The van der Waals surface area contributed by atoms with Crippen molar-refractivity contribution >= 4 is 22.2 Å². The summed E-state index contributed by atoms with van der Waals surface area (Å²) >= 11 is 3.23. The predicted octanol–water partition coefficient (Wildman–Crippen LogP) is 1.34. The number of allylic oxidation sites excluding steroid dienone is 2. The van der Waals surface area contributed by atoms with Crippen molar-refractivity contribution in [3.8, 4) is 0 Å². The van der Waals surface area contributed by atoms with Gasteiger partial charge in [0.1, 0.15) is 0 Å². The number of carbonyl (C=O) groups excluding carboxylic acids is 1. The van der Waals surface area contributed by atoms with Gasteiger partial charge in [0.2, 0.25) is 0 Å². The highest BCUT2D eigenvalue weighted by molar-refractivity contribution is 9.10. The van der Waals surface area contributed by atoms with Crippen molar-refractivity contribution in [3.05, 3.63) is 23.9 Å². The average molecular weight is 202 g/mol. The van der Waals surface area contributed by atoms with Gasteiger partial charge in [-0.2, -0.15) is 0 Å². The van der Waals surface area contributed by atoms with E-state index in [4.69, 9.17) is 0 Å². The van der Waals surface area contributed by atoms with Crippen LogP contribution in [0.4, 0.5) is 0 Å². The monoisotopic (exact) mass is 201 g/mol. The van der Waals surface area contributed by atoms with Crippen LogP contribution in [0.25, 0.3) is 0 Å². The number of alkyl halides is 1. The molecule has 1 unspecified atom stereocenters. The molecule has 0 aromatic carbocycles. The SMILES string of the molecule is CC1=CC(Br)(C=O)NC=C1. The molecule has 0 radical (unpaired) electrons. The summed E-state index contributed by atoms with van der Waals surface area (Å²) in [4.78, 5) is 10.4. The second-order valence-electron chi connectivity index (χ2n) is 2.25. The van der Waals surface area contributed by atoms with E-state index in [2.05, 4.69) is 21.2 Å². The van der Waals surface area contributed by atoms with Gasteiger partial charge in [0.05, 0.1) is 0 Å². The molecule has 0 aromatic heterocycles. The Kier molecular flexibility index (Phi) is 1.94. The maximum Gasteiger partial charge on any atom is 0.168 e. The fourth-order valence-electron chi connectivity index (χ4n) is 0.790. The van der Waals surface area contributed by atoms with Crippen LogP contribution in [0.5, 0.6) is 0 Å². The highest BCUT2D eigenvalue weighted by Gasteiger charge is 2.22. The minimum atomic E-state index is -0.675. The molecule has 1 atom stereocenters. The van der Waals surface area contributed by atoms with Gasteiger partial charge >= 0.3 is 0 Å². The Balaban J connectivity index is 2.86. The fourth-order valence-corrected chi connectivity index (χ4v) is 1.28. The molecule has 1 heterocycles. The summed E-state index contributed by atoms with van der Waals surface area (Å²) in [5.41, 5.74) is 1.07. The second-order valence-corrected chi connectivity index (χ2v) is 3.56. The van der Waals surface area contributed by atoms with E-state index in [0.717, 1.165) is 11.9 Å². The van der Waals surface area contributed by atoms with Crippen LogP contribution in [0.1, 0.15) is 6.92 Å². The lowest BCUT2D eigenvalue weighted by atomic mass is 10.1. The zero-order valence-corrected chi connectivity index (χ0v) is 7.18. The fraction of sp³-hybridized carbons (Fsp3) is 0.286. The molecular weight excluding hydrogens is 194 g/mol. The molecule has 1 rings (SSSR count). The summed E-state index contributed by atoms with van der Waals surface area (Å²) in [5, 5.41) is 2.87. The predicted molar refractivity (Wildman–Crippen MR) is 43.8 cm³/mol. The molecule has 10 heavy (non-hydrogen) atoms. The van der Waals surface area contributed by atoms with E-state index in [1.807, 2.05) is 19.1 Å². The number of nitrogens with one attached hydrogen (secondary N) is 1. The summed E-state index contributed by atoms with van der Waals surface area (Å²) in [5.74, 6) is 0. The standard InChI is InChI=1S/C7H8BrNO/c1-6-2-3-9-7(8,4-6)5-10/h2-5,9H,1H3. The van der Waals surface area contributed by atoms with E-state index in [1.165, 1.54) is 0 Å². The molecule has 1 N–H and O–H groups in total. The normalized spacial score (nSPS) is 30.8. The van der Waals surface area contributed by atoms with Gasteiger partial charge < -0.3 is 5.32 Å². The molecule has 3 heteroatoms. The van der Waals surface area contributed by atoms with Crippen LogP contribution in [0.3, 0.4) is 0 Å². The number of rotatable bonds is 1. The third-order valence-corrected chi connectivity index (χ3v) is 1.90. The smallest absolute Gasteiger partial charge is 0.168 e. The first-order valence-corrected chi connectivity index (χ1v) is 3.74. The summed E-state index contributed by atoms with van der Waals surface area (Å²) in [6, 6.07) is 0. The summed E-state index contributed by atoms with van der Waals surface area (Å²) in [7, 11) is 0. The first-order chi connectivity index (χ1) is 4.66. The van der Waals surface area contributed by atoms with E-state index in [1.54, 1.807) is 6.20 Å². The van der Waals surface area contributed by atoms with Gasteiger partial charge in [-0.15, -0.1) is 0 Å². The van der Waals surface area contributed by atoms with E-state index in [0.29, 0.717) is 0 Å². The number of aldehydes is 1. The van der Waals surface area contributed by atoms with Crippen LogP contribution >= 0.6 is 15.9 Å². The van der Waals surface area contributed by atoms with Crippen molar-refractivity contribution in [2.45, 2.75) is 11.4 Å². The van der Waals surface area contributed by atoms with E-state index >= 15 is 0 Å². The molecule has 0 spiro atoms. The second kappa shape index (κ2) is 2.58. The van der Waals surface area contributed by atoms with E-state index < -0.39 is 4.45 Å². The Morgan fingerprint density at radius 1 is 1.80 bits per heavy atom. The third kappa shape index (κ3) is 1.48. The molecular formula is C7H8BrNO. The van der Waals surface area contributed by atoms with Gasteiger partial charge in [-0.05, 0) is 41.2 Å². The van der Waals surface area contributed by atoms with Gasteiger partial charge in [0.15, 0.2) is 10.7 Å². The molecule has 1 aliphatic heterocycles. The average Bonchev–Trinajstić information content (AvgIpc) is 1.88. The van der Waals surface area contributed by atoms with E-state index in [-0.39, 0.29) is 0 Å². The van der Waals surface area contributed by atoms with Crippen molar-refractivity contribution in [1.29, 1.82) is 0 Å². The van der Waals surface area contributed by atoms with Crippen LogP contribution in [0.2, 0.25) is 0 Å². The van der Waals surface area contributed by atoms with Crippen molar-refractivity contribution in [3.63, 3.8) is 0 Å². The molecule has 0 aromatic rings. The maximum absolute atomic E-state index is 10.4. The molecule has 0 saturated heterocycles. The quantitative estimate of drug-likeness (QED) is 0.395. The Morgan fingerprint density at radius 2 is 2.50 bits per heavy atom. The maximum atomic E-state index is 10.4. The molecule has 2 nitrogen and oxygen atoms in total. The Labute approximate surface area is 68.1 Å². The topological polar surface area (TPSA) is 29.1 Å². The Hall–Kier alpha value is -0.570. The number of carbonyl (C=O) groups is 1. The van der Waals surface area contributed by atoms with Gasteiger partial charge in [-0.25, -0.2) is 0 Å². The number of hydrogen-bond acceptors (Lipinski definition) is 2. The van der Waals surface area contributed by atoms with Crippen molar-refractivity contribution in [2.24, 2.45) is 0 Å². The minimum Gasteiger partial charge on any atom is -0.367 e. The highest BCUT2D eigenvalue weighted by Crippen LogP contribution is 2.18. The molecule has 1 aliphatic rings. The van der Waals surface area contributed by atoms with Crippen LogP contribution in [-0.2, 0) is 4.79 Å². The first kappa shape index (κ1) is 7.54. The molecule has 0 aliphatic carbocycles. The lowest BCUT2D eigenvalue weighted by Crippen LogP contribution is -2.36. The van der Waals surface area contributed by atoms with Crippen LogP contribution < -0.4 is 5.32 Å².